The molecule has 1 aliphatic rings. The molecule has 0 aromatic heterocycles. The Balaban J connectivity index is 1.70. The zero-order valence-corrected chi connectivity index (χ0v) is 24.1. The number of nitrogens with one attached hydrogen (secondary N) is 1. The first-order chi connectivity index (χ1) is 17.9. The van der Waals surface area contributed by atoms with E-state index < -0.39 is 12.1 Å². The van der Waals surface area contributed by atoms with Crippen molar-refractivity contribution in [2.24, 2.45) is 0 Å². The third-order valence-corrected chi connectivity index (χ3v) is 7.51. The van der Waals surface area contributed by atoms with Gasteiger partial charge in [0.15, 0.2) is 11.5 Å². The third kappa shape index (κ3) is 12.5. The van der Waals surface area contributed by atoms with Gasteiger partial charge in [0.25, 0.3) is 0 Å². The van der Waals surface area contributed by atoms with Crippen LogP contribution in [-0.4, -0.2) is 54.8 Å². The molecule has 0 fully saturated rings. The highest BCUT2D eigenvalue weighted by molar-refractivity contribution is 5.76. The lowest BCUT2D eigenvalue weighted by atomic mass is 10.00. The van der Waals surface area contributed by atoms with Gasteiger partial charge in [-0.05, 0) is 45.0 Å². The largest absolute Gasteiger partial charge is 0.486 e. The minimum Gasteiger partial charge on any atom is -0.486 e. The molecule has 0 bridgehead atoms. The van der Waals surface area contributed by atoms with Crippen LogP contribution in [0.4, 0.5) is 0 Å². The maximum Gasteiger partial charge on any atom is 0.220 e. The molecule has 37 heavy (non-hydrogen) atoms. The van der Waals surface area contributed by atoms with Crippen molar-refractivity contribution < 1.29 is 19.4 Å². The fourth-order valence-electron chi connectivity index (χ4n) is 4.80. The normalized spacial score (nSPS) is 14.7. The van der Waals surface area contributed by atoms with E-state index in [0.717, 1.165) is 18.4 Å². The number of fused-ring (bicyclic) bond motifs is 1. The number of ether oxygens (including phenoxy) is 2. The monoisotopic (exact) mass is 518 g/mol. The fraction of sp³-hybridized carbons (Fsp3) is 0.774. The Morgan fingerprint density at radius 2 is 1.43 bits per heavy atom. The fourth-order valence-corrected chi connectivity index (χ4v) is 4.80. The van der Waals surface area contributed by atoms with Crippen molar-refractivity contribution in [2.75, 3.05) is 26.8 Å². The SMILES string of the molecule is CCCCCCCCCCCCCCCC(=O)N[C@H](CN(C)C(C)C)C(O)c1ccc2c(c1)OCCO2. The maximum atomic E-state index is 12.8. The standard InChI is InChI=1S/C31H54N2O4/c1-5-6-7-8-9-10-11-12-13-14-15-16-17-18-30(34)32-27(24-33(4)25(2)3)31(35)26-19-20-28-29(23-26)37-22-21-36-28/h19-20,23,25,27,31,35H,5-18,21-22,24H2,1-4H3,(H,32,34)/t27-,31?/m1/s1. The van der Waals surface area contributed by atoms with E-state index in [2.05, 4.69) is 31.0 Å². The summed E-state index contributed by atoms with van der Waals surface area (Å²) in [5, 5.41) is 14.3. The van der Waals surface area contributed by atoms with Gasteiger partial charge in [0.1, 0.15) is 19.3 Å². The van der Waals surface area contributed by atoms with Crippen LogP contribution in [0, 0.1) is 0 Å². The van der Waals surface area contributed by atoms with Crippen LogP contribution < -0.4 is 14.8 Å². The predicted molar refractivity (Wildman–Crippen MR) is 152 cm³/mol. The lowest BCUT2D eigenvalue weighted by Gasteiger charge is -2.31. The van der Waals surface area contributed by atoms with Crippen LogP contribution in [0.15, 0.2) is 18.2 Å². The molecule has 0 spiro atoms. The summed E-state index contributed by atoms with van der Waals surface area (Å²) in [5.41, 5.74) is 0.729. The van der Waals surface area contributed by atoms with Crippen molar-refractivity contribution in [3.8, 4) is 11.5 Å². The molecule has 0 aliphatic carbocycles. The molecule has 6 nitrogen and oxygen atoms in total. The smallest absolute Gasteiger partial charge is 0.220 e. The number of hydrogen-bond acceptors (Lipinski definition) is 5. The van der Waals surface area contributed by atoms with Gasteiger partial charge in [-0.1, -0.05) is 90.0 Å². The number of benzene rings is 1. The molecule has 1 heterocycles. The molecule has 1 amide bonds. The summed E-state index contributed by atoms with van der Waals surface area (Å²) >= 11 is 0. The molecule has 0 saturated carbocycles. The molecule has 2 N–H and O–H groups in total. The highest BCUT2D eigenvalue weighted by atomic mass is 16.6. The zero-order valence-electron chi connectivity index (χ0n) is 24.1. The third-order valence-electron chi connectivity index (χ3n) is 7.51. The Labute approximate surface area is 226 Å². The van der Waals surface area contributed by atoms with Gasteiger partial charge in [-0.15, -0.1) is 0 Å². The predicted octanol–water partition coefficient (Wildman–Crippen LogP) is 6.80. The minimum atomic E-state index is -0.826. The van der Waals surface area contributed by atoms with Crippen LogP contribution in [-0.2, 0) is 4.79 Å². The number of hydrogen-bond donors (Lipinski definition) is 2. The Morgan fingerprint density at radius 3 is 2.00 bits per heavy atom. The number of rotatable bonds is 20. The summed E-state index contributed by atoms with van der Waals surface area (Å²) in [6.45, 7) is 8.10. The van der Waals surface area contributed by atoms with E-state index >= 15 is 0 Å². The lowest BCUT2D eigenvalue weighted by Crippen LogP contribution is -2.47. The first-order valence-electron chi connectivity index (χ1n) is 15.0. The van der Waals surface area contributed by atoms with E-state index in [0.29, 0.717) is 43.7 Å². The Bertz CT molecular complexity index is 755. The Kier molecular flexibility index (Phi) is 15.7. The highest BCUT2D eigenvalue weighted by Gasteiger charge is 2.26. The number of aliphatic hydroxyl groups excluding tert-OH is 1. The van der Waals surface area contributed by atoms with Crippen LogP contribution in [0.1, 0.15) is 122 Å². The molecule has 0 saturated heterocycles. The second kappa shape index (κ2) is 18.5. The Hall–Kier alpha value is -1.79. The molecular formula is C31H54N2O4. The van der Waals surface area contributed by atoms with E-state index in [9.17, 15) is 9.90 Å². The number of carbonyl (C=O) groups is 1. The second-order valence-electron chi connectivity index (χ2n) is 11.0. The van der Waals surface area contributed by atoms with Gasteiger partial charge >= 0.3 is 0 Å². The summed E-state index contributed by atoms with van der Waals surface area (Å²) in [7, 11) is 2.02. The number of aliphatic hydroxyl groups is 1. The summed E-state index contributed by atoms with van der Waals surface area (Å²) < 4.78 is 11.3. The number of carbonyl (C=O) groups excluding carboxylic acids is 1. The molecule has 1 aliphatic heterocycles. The zero-order chi connectivity index (χ0) is 26.9. The average Bonchev–Trinajstić information content (AvgIpc) is 2.90. The number of likely N-dealkylation sites (N-methyl/N-ethyl adjacent to an activating group) is 1. The van der Waals surface area contributed by atoms with Crippen molar-refractivity contribution in [1.29, 1.82) is 0 Å². The minimum absolute atomic E-state index is 0.0156. The first-order valence-corrected chi connectivity index (χ1v) is 15.0. The summed E-state index contributed by atoms with van der Waals surface area (Å²) in [6, 6.07) is 5.45. The van der Waals surface area contributed by atoms with Crippen LogP contribution in [0.25, 0.3) is 0 Å². The van der Waals surface area contributed by atoms with Crippen LogP contribution in [0.3, 0.4) is 0 Å². The second-order valence-corrected chi connectivity index (χ2v) is 11.0. The van der Waals surface area contributed by atoms with Gasteiger partial charge in [0, 0.05) is 19.0 Å². The van der Waals surface area contributed by atoms with Gasteiger partial charge < -0.3 is 24.8 Å². The van der Waals surface area contributed by atoms with E-state index in [4.69, 9.17) is 9.47 Å². The molecule has 6 heteroatoms. The van der Waals surface area contributed by atoms with E-state index in [1.54, 1.807) is 0 Å². The summed E-state index contributed by atoms with van der Waals surface area (Å²) in [5.74, 6) is 1.36. The van der Waals surface area contributed by atoms with Gasteiger partial charge in [0.05, 0.1) is 6.04 Å². The topological polar surface area (TPSA) is 71.0 Å². The van der Waals surface area contributed by atoms with Crippen molar-refractivity contribution >= 4 is 5.91 Å². The average molecular weight is 519 g/mol. The summed E-state index contributed by atoms with van der Waals surface area (Å²) in [4.78, 5) is 14.9. The first kappa shape index (κ1) is 31.4. The maximum absolute atomic E-state index is 12.8. The van der Waals surface area contributed by atoms with Gasteiger partial charge in [-0.25, -0.2) is 0 Å². The van der Waals surface area contributed by atoms with Crippen molar-refractivity contribution in [3.63, 3.8) is 0 Å². The molecule has 1 unspecified atom stereocenters. The van der Waals surface area contributed by atoms with Gasteiger partial charge in [-0.3, -0.25) is 4.79 Å². The molecule has 1 aromatic carbocycles. The molecule has 2 atom stereocenters. The van der Waals surface area contributed by atoms with Crippen LogP contribution in [0.2, 0.25) is 0 Å². The van der Waals surface area contributed by atoms with E-state index in [1.807, 2.05) is 25.2 Å². The van der Waals surface area contributed by atoms with E-state index in [-0.39, 0.29) is 5.91 Å². The van der Waals surface area contributed by atoms with Gasteiger partial charge in [-0.2, -0.15) is 0 Å². The molecule has 2 rings (SSSR count). The number of nitrogens with zero attached hydrogens (tertiary/aromatic N) is 1. The van der Waals surface area contributed by atoms with Crippen LogP contribution >= 0.6 is 0 Å². The molecule has 0 radical (unpaired) electrons. The summed E-state index contributed by atoms with van der Waals surface area (Å²) in [6.07, 6.45) is 16.4. The molecule has 212 valence electrons. The van der Waals surface area contributed by atoms with Crippen molar-refractivity contribution in [1.82, 2.24) is 10.2 Å². The quantitative estimate of drug-likeness (QED) is 0.186. The Morgan fingerprint density at radius 1 is 0.892 bits per heavy atom. The lowest BCUT2D eigenvalue weighted by molar-refractivity contribution is -0.123. The van der Waals surface area contributed by atoms with Gasteiger partial charge in [0.2, 0.25) is 5.91 Å². The molecule has 1 aromatic rings. The number of amides is 1. The number of unbranched alkanes of at least 4 members (excludes halogenated alkanes) is 12. The molecular weight excluding hydrogens is 464 g/mol. The van der Waals surface area contributed by atoms with Crippen molar-refractivity contribution in [3.05, 3.63) is 23.8 Å². The highest BCUT2D eigenvalue weighted by Crippen LogP contribution is 2.33. The van der Waals surface area contributed by atoms with E-state index in [1.165, 1.54) is 70.6 Å². The van der Waals surface area contributed by atoms with Crippen molar-refractivity contribution in [2.45, 2.75) is 129 Å². The van der Waals surface area contributed by atoms with Crippen LogP contribution in [0.5, 0.6) is 11.5 Å².